The second-order valence-electron chi connectivity index (χ2n) is 2.60. The molecule has 1 aliphatic rings. The van der Waals surface area contributed by atoms with Crippen LogP contribution >= 0.6 is 12.2 Å². The van der Waals surface area contributed by atoms with Crippen LogP contribution in [-0.2, 0) is 4.79 Å². The highest BCUT2D eigenvalue weighted by Gasteiger charge is 2.21. The molecule has 0 aromatic heterocycles. The Morgan fingerprint density at radius 3 is 3.00 bits per heavy atom. The number of carbonyl (C=O) groups is 1. The van der Waals surface area contributed by atoms with Crippen molar-refractivity contribution in [2.45, 2.75) is 13.3 Å². The molecule has 0 aromatic rings. The number of nitrogens with zero attached hydrogens (tertiary/aromatic N) is 2. The van der Waals surface area contributed by atoms with Crippen LogP contribution in [0.1, 0.15) is 13.3 Å². The Bertz CT molecular complexity index is 270. The molecule has 0 spiro atoms. The number of thiocarbonyl (C=S) groups is 1. The molecule has 1 aliphatic heterocycles. The maximum absolute atomic E-state index is 11.3. The highest BCUT2D eigenvalue weighted by molar-refractivity contribution is 7.80. The molecule has 1 heterocycles. The van der Waals surface area contributed by atoms with E-state index in [2.05, 4.69) is 11.6 Å². The van der Waals surface area contributed by atoms with E-state index >= 15 is 0 Å². The van der Waals surface area contributed by atoms with Gasteiger partial charge in [0.15, 0.2) is 0 Å². The van der Waals surface area contributed by atoms with E-state index in [1.807, 2.05) is 0 Å². The third-order valence-electron chi connectivity index (χ3n) is 1.54. The molecular weight excluding hydrogens is 172 g/mol. The highest BCUT2D eigenvalue weighted by atomic mass is 32.1. The molecule has 4 heteroatoms. The van der Waals surface area contributed by atoms with E-state index in [1.54, 1.807) is 13.0 Å². The lowest BCUT2D eigenvalue weighted by molar-refractivity contribution is -0.125. The smallest absolute Gasteiger partial charge is 0.234 e. The second-order valence-corrected chi connectivity index (χ2v) is 2.96. The number of carbonyl (C=O) groups excluding carboxylic acids is 1. The summed E-state index contributed by atoms with van der Waals surface area (Å²) >= 11 is 4.92. The molecule has 0 aliphatic carbocycles. The van der Waals surface area contributed by atoms with Gasteiger partial charge < -0.3 is 0 Å². The predicted octanol–water partition coefficient (Wildman–Crippen LogP) is 1.15. The molecule has 12 heavy (non-hydrogen) atoms. The lowest BCUT2D eigenvalue weighted by atomic mass is 10.2. The van der Waals surface area contributed by atoms with Gasteiger partial charge in [-0.25, -0.2) is 4.99 Å². The van der Waals surface area contributed by atoms with E-state index in [1.165, 1.54) is 4.90 Å². The molecule has 0 aromatic carbocycles. The molecule has 64 valence electrons. The van der Waals surface area contributed by atoms with E-state index in [9.17, 15) is 4.79 Å². The summed E-state index contributed by atoms with van der Waals surface area (Å²) < 4.78 is 0. The zero-order chi connectivity index (χ0) is 9.14. The Morgan fingerprint density at radius 2 is 2.50 bits per heavy atom. The lowest BCUT2D eigenvalue weighted by Gasteiger charge is -2.23. The van der Waals surface area contributed by atoms with Crippen molar-refractivity contribution >= 4 is 28.9 Å². The van der Waals surface area contributed by atoms with Gasteiger partial charge >= 0.3 is 0 Å². The van der Waals surface area contributed by atoms with Crippen molar-refractivity contribution in [1.29, 1.82) is 0 Å². The van der Waals surface area contributed by atoms with E-state index in [-0.39, 0.29) is 5.91 Å². The molecule has 0 saturated carbocycles. The zero-order valence-corrected chi connectivity index (χ0v) is 7.73. The number of rotatable bonds is 2. The minimum Gasteiger partial charge on any atom is -0.283 e. The molecule has 0 saturated heterocycles. The average Bonchev–Trinajstić information content (AvgIpc) is 1.96. The predicted molar refractivity (Wildman–Crippen MR) is 52.2 cm³/mol. The van der Waals surface area contributed by atoms with E-state index in [0.29, 0.717) is 18.1 Å². The van der Waals surface area contributed by atoms with Crippen LogP contribution < -0.4 is 0 Å². The van der Waals surface area contributed by atoms with Crippen LogP contribution in [0.4, 0.5) is 0 Å². The number of hydrogen-bond acceptors (Lipinski definition) is 2. The van der Waals surface area contributed by atoms with Crippen LogP contribution in [-0.4, -0.2) is 28.2 Å². The molecule has 1 amide bonds. The van der Waals surface area contributed by atoms with Gasteiger partial charge in [-0.2, -0.15) is 0 Å². The first-order valence-corrected chi connectivity index (χ1v) is 4.05. The third kappa shape index (κ3) is 1.76. The minimum atomic E-state index is 0.00685. The summed E-state index contributed by atoms with van der Waals surface area (Å²) in [6, 6.07) is 0. The fourth-order valence-corrected chi connectivity index (χ4v) is 1.33. The molecule has 0 N–H and O–H groups in total. The largest absolute Gasteiger partial charge is 0.283 e. The number of aliphatic imine (C=N–C) groups is 1. The maximum atomic E-state index is 11.3. The summed E-state index contributed by atoms with van der Waals surface area (Å²) in [6.07, 6.45) is 2.01. The van der Waals surface area contributed by atoms with Crippen LogP contribution in [0.15, 0.2) is 17.6 Å². The molecule has 0 radical (unpaired) electrons. The summed E-state index contributed by atoms with van der Waals surface area (Å²) in [5, 5.41) is 0.351. The molecule has 3 nitrogen and oxygen atoms in total. The van der Waals surface area contributed by atoms with Crippen LogP contribution in [0.25, 0.3) is 0 Å². The first-order chi connectivity index (χ1) is 5.65. The van der Waals surface area contributed by atoms with Crippen LogP contribution in [0, 0.1) is 0 Å². The van der Waals surface area contributed by atoms with Crippen molar-refractivity contribution in [3.63, 3.8) is 0 Å². The summed E-state index contributed by atoms with van der Waals surface area (Å²) in [4.78, 5) is 16.8. The number of hydrogen-bond donors (Lipinski definition) is 0. The van der Waals surface area contributed by atoms with Crippen molar-refractivity contribution in [3.05, 3.63) is 12.7 Å². The summed E-state index contributed by atoms with van der Waals surface area (Å²) in [6.45, 7) is 5.79. The second kappa shape index (κ2) is 3.58. The summed E-state index contributed by atoms with van der Waals surface area (Å²) in [5.41, 5.74) is 0.783. The Labute approximate surface area is 76.8 Å². The molecule has 1 rings (SSSR count). The van der Waals surface area contributed by atoms with Gasteiger partial charge in [0.2, 0.25) is 11.0 Å². The highest BCUT2D eigenvalue weighted by Crippen LogP contribution is 2.07. The van der Waals surface area contributed by atoms with Crippen molar-refractivity contribution in [1.82, 2.24) is 4.90 Å². The zero-order valence-electron chi connectivity index (χ0n) is 6.91. The van der Waals surface area contributed by atoms with Gasteiger partial charge in [0.1, 0.15) is 0 Å². The van der Waals surface area contributed by atoms with Crippen molar-refractivity contribution in [3.8, 4) is 0 Å². The lowest BCUT2D eigenvalue weighted by Crippen LogP contribution is -2.39. The van der Waals surface area contributed by atoms with Gasteiger partial charge in [-0.1, -0.05) is 6.08 Å². The van der Waals surface area contributed by atoms with Gasteiger partial charge in [-0.3, -0.25) is 9.69 Å². The normalized spacial score (nSPS) is 17.8. The average molecular weight is 182 g/mol. The van der Waals surface area contributed by atoms with E-state index in [4.69, 9.17) is 12.2 Å². The van der Waals surface area contributed by atoms with Crippen molar-refractivity contribution in [2.24, 2.45) is 4.99 Å². The van der Waals surface area contributed by atoms with E-state index in [0.717, 1.165) is 5.71 Å². The molecular formula is C8H10N2OS. The molecule has 0 fully saturated rings. The fourth-order valence-electron chi connectivity index (χ4n) is 0.993. The van der Waals surface area contributed by atoms with Crippen molar-refractivity contribution < 1.29 is 4.79 Å². The van der Waals surface area contributed by atoms with Crippen LogP contribution in [0.5, 0.6) is 0 Å². The SMILES string of the molecule is C=CCN1C(=O)CC(C)=NC1=S. The first-order valence-electron chi connectivity index (χ1n) is 3.64. The van der Waals surface area contributed by atoms with Gasteiger partial charge in [0.05, 0.1) is 6.42 Å². The molecule has 0 atom stereocenters. The van der Waals surface area contributed by atoms with Gasteiger partial charge in [0.25, 0.3) is 0 Å². The van der Waals surface area contributed by atoms with E-state index < -0.39 is 0 Å². The quantitative estimate of drug-likeness (QED) is 0.474. The first kappa shape index (κ1) is 9.06. The fraction of sp³-hybridized carbons (Fsp3) is 0.375. The summed E-state index contributed by atoms with van der Waals surface area (Å²) in [5.74, 6) is 0.00685. The Morgan fingerprint density at radius 1 is 1.83 bits per heavy atom. The third-order valence-corrected chi connectivity index (χ3v) is 1.85. The Kier molecular flexibility index (Phi) is 2.70. The van der Waals surface area contributed by atoms with Gasteiger partial charge in [0, 0.05) is 12.3 Å². The topological polar surface area (TPSA) is 32.7 Å². The standard InChI is InChI=1S/C8H10N2OS/c1-3-4-10-7(11)5-6(2)9-8(10)12/h3H,1,4-5H2,2H3. The minimum absolute atomic E-state index is 0.00685. The van der Waals surface area contributed by atoms with Gasteiger partial charge in [-0.05, 0) is 19.1 Å². The molecule has 0 unspecified atom stereocenters. The van der Waals surface area contributed by atoms with Gasteiger partial charge in [-0.15, -0.1) is 6.58 Å². The Balaban J connectivity index is 2.82. The van der Waals surface area contributed by atoms with Crippen LogP contribution in [0.2, 0.25) is 0 Å². The molecule has 0 bridgehead atoms. The Hall–Kier alpha value is -1.03. The van der Waals surface area contributed by atoms with Crippen molar-refractivity contribution in [2.75, 3.05) is 6.54 Å². The number of amides is 1. The monoisotopic (exact) mass is 182 g/mol. The van der Waals surface area contributed by atoms with Crippen LogP contribution in [0.3, 0.4) is 0 Å². The maximum Gasteiger partial charge on any atom is 0.234 e. The summed E-state index contributed by atoms with van der Waals surface area (Å²) in [7, 11) is 0.